The number of likely N-dealkylation sites (tertiary alicyclic amines) is 1. The van der Waals surface area contributed by atoms with E-state index in [4.69, 9.17) is 18.8 Å². The summed E-state index contributed by atoms with van der Waals surface area (Å²) in [5, 5.41) is 0. The number of hydrogen-bond acceptors (Lipinski definition) is 5. The molecule has 33 heavy (non-hydrogen) atoms. The molecule has 2 heterocycles. The fraction of sp³-hybridized carbons (Fsp3) is 0.696. The van der Waals surface area contributed by atoms with Crippen LogP contribution in [0.2, 0.25) is 0 Å². The molecule has 3 rings (SSSR count). The maximum Gasteiger partial charge on any atom is 0.494 e. The van der Waals surface area contributed by atoms with Gasteiger partial charge in [-0.15, -0.1) is 0 Å². The van der Waals surface area contributed by atoms with E-state index in [1.165, 1.54) is 6.07 Å². The number of benzene rings is 1. The molecule has 0 aromatic heterocycles. The maximum absolute atomic E-state index is 13.6. The van der Waals surface area contributed by atoms with Crippen LogP contribution in [0, 0.1) is 5.92 Å². The minimum Gasteiger partial charge on any atom is -0.493 e. The van der Waals surface area contributed by atoms with Crippen LogP contribution in [0.3, 0.4) is 0 Å². The Morgan fingerprint density at radius 1 is 1.12 bits per heavy atom. The van der Waals surface area contributed by atoms with Gasteiger partial charge in [-0.1, -0.05) is 0 Å². The van der Waals surface area contributed by atoms with Crippen LogP contribution >= 0.6 is 0 Å². The summed E-state index contributed by atoms with van der Waals surface area (Å²) in [6.07, 6.45) is -4.26. The molecular weight excluding hydrogens is 438 g/mol. The van der Waals surface area contributed by atoms with Crippen LogP contribution in [0.1, 0.15) is 60.5 Å². The number of carbonyl (C=O) groups is 1. The SMILES string of the molecule is CC(C)(C)OC(=O)N1CCC(COc2cc(B3OC(C)(C)C(C)(C)O3)cc(C(F)(F)F)c2)C1. The Morgan fingerprint density at radius 2 is 1.73 bits per heavy atom. The lowest BCUT2D eigenvalue weighted by atomic mass is 9.78. The van der Waals surface area contributed by atoms with Crippen LogP contribution in [-0.2, 0) is 20.2 Å². The van der Waals surface area contributed by atoms with Crippen molar-refractivity contribution in [3.05, 3.63) is 23.8 Å². The van der Waals surface area contributed by atoms with E-state index in [9.17, 15) is 18.0 Å². The Balaban J connectivity index is 1.71. The van der Waals surface area contributed by atoms with E-state index < -0.39 is 41.8 Å². The van der Waals surface area contributed by atoms with Gasteiger partial charge in [0.05, 0.1) is 23.4 Å². The third-order valence-corrected chi connectivity index (χ3v) is 6.20. The Bertz CT molecular complexity index is 866. The number of hydrogen-bond donors (Lipinski definition) is 0. The van der Waals surface area contributed by atoms with E-state index in [0.717, 1.165) is 12.1 Å². The quantitative estimate of drug-likeness (QED) is 0.599. The standard InChI is InChI=1S/C23H33BF3NO5/c1-20(2,3)31-19(29)28-9-8-15(13-28)14-30-18-11-16(23(25,26)27)10-17(12-18)24-32-21(4,5)22(6,7)33-24/h10-12,15H,8-9,13-14H2,1-7H3. The molecule has 1 amide bonds. The lowest BCUT2D eigenvalue weighted by molar-refractivity contribution is -0.137. The first-order chi connectivity index (χ1) is 15.0. The van der Waals surface area contributed by atoms with Crippen LogP contribution in [0.4, 0.5) is 18.0 Å². The van der Waals surface area contributed by atoms with Crippen molar-refractivity contribution in [1.29, 1.82) is 0 Å². The predicted molar refractivity (Wildman–Crippen MR) is 119 cm³/mol. The Kier molecular flexibility index (Phi) is 6.76. The fourth-order valence-electron chi connectivity index (χ4n) is 3.66. The van der Waals surface area contributed by atoms with Crippen molar-refractivity contribution >= 4 is 18.7 Å². The normalized spacial score (nSPS) is 22.5. The molecule has 1 atom stereocenters. The van der Waals surface area contributed by atoms with Gasteiger partial charge in [0.2, 0.25) is 0 Å². The highest BCUT2D eigenvalue weighted by atomic mass is 19.4. The molecule has 2 aliphatic rings. The topological polar surface area (TPSA) is 57.2 Å². The van der Waals surface area contributed by atoms with E-state index in [1.807, 2.05) is 27.7 Å². The van der Waals surface area contributed by atoms with Crippen molar-refractivity contribution in [3.8, 4) is 5.75 Å². The van der Waals surface area contributed by atoms with E-state index in [-0.39, 0.29) is 23.7 Å². The van der Waals surface area contributed by atoms with Gasteiger partial charge in [-0.2, -0.15) is 13.2 Å². The average molecular weight is 471 g/mol. The van der Waals surface area contributed by atoms with Crippen LogP contribution in [-0.4, -0.2) is 54.6 Å². The number of alkyl halides is 3. The highest BCUT2D eigenvalue weighted by Crippen LogP contribution is 2.38. The molecule has 0 bridgehead atoms. The van der Waals surface area contributed by atoms with Gasteiger partial charge in [0.25, 0.3) is 0 Å². The Labute approximate surface area is 193 Å². The molecule has 1 unspecified atom stereocenters. The monoisotopic (exact) mass is 471 g/mol. The third kappa shape index (κ3) is 6.15. The summed E-state index contributed by atoms with van der Waals surface area (Å²) < 4.78 is 63.7. The summed E-state index contributed by atoms with van der Waals surface area (Å²) in [5.41, 5.74) is -2.52. The van der Waals surface area contributed by atoms with Gasteiger partial charge >= 0.3 is 19.4 Å². The molecule has 6 nitrogen and oxygen atoms in total. The minimum atomic E-state index is -4.54. The summed E-state index contributed by atoms with van der Waals surface area (Å²) >= 11 is 0. The van der Waals surface area contributed by atoms with Crippen LogP contribution in [0.25, 0.3) is 0 Å². The molecule has 2 saturated heterocycles. The van der Waals surface area contributed by atoms with Crippen LogP contribution in [0.5, 0.6) is 5.75 Å². The first kappa shape index (κ1) is 25.7. The molecule has 2 aliphatic heterocycles. The van der Waals surface area contributed by atoms with Gasteiger partial charge in [-0.05, 0) is 78.5 Å². The van der Waals surface area contributed by atoms with Gasteiger partial charge in [0.15, 0.2) is 0 Å². The summed E-state index contributed by atoms with van der Waals surface area (Å²) in [6.45, 7) is 13.9. The summed E-state index contributed by atoms with van der Waals surface area (Å²) in [6, 6.07) is 3.54. The lowest BCUT2D eigenvalue weighted by Crippen LogP contribution is -2.41. The molecule has 1 aromatic carbocycles. The zero-order valence-electron chi connectivity index (χ0n) is 20.3. The molecule has 10 heteroatoms. The van der Waals surface area contributed by atoms with Crippen molar-refractivity contribution in [2.75, 3.05) is 19.7 Å². The van der Waals surface area contributed by atoms with Crippen LogP contribution in [0.15, 0.2) is 18.2 Å². The molecule has 184 valence electrons. The smallest absolute Gasteiger partial charge is 0.493 e. The van der Waals surface area contributed by atoms with Gasteiger partial charge in [-0.25, -0.2) is 4.79 Å². The molecule has 1 aromatic rings. The zero-order valence-corrected chi connectivity index (χ0v) is 20.3. The maximum atomic E-state index is 13.6. The zero-order chi connectivity index (χ0) is 24.8. The van der Waals surface area contributed by atoms with Crippen molar-refractivity contribution in [1.82, 2.24) is 4.90 Å². The highest BCUT2D eigenvalue weighted by molar-refractivity contribution is 6.62. The van der Waals surface area contributed by atoms with E-state index >= 15 is 0 Å². The molecule has 0 spiro atoms. The number of amides is 1. The number of rotatable bonds is 4. The number of nitrogens with zero attached hydrogens (tertiary/aromatic N) is 1. The van der Waals surface area contributed by atoms with Crippen molar-refractivity contribution < 1.29 is 36.7 Å². The van der Waals surface area contributed by atoms with Gasteiger partial charge in [0, 0.05) is 19.0 Å². The van der Waals surface area contributed by atoms with Crippen molar-refractivity contribution in [2.45, 2.75) is 77.9 Å². The largest absolute Gasteiger partial charge is 0.494 e. The average Bonchev–Trinajstić information content (AvgIpc) is 3.20. The van der Waals surface area contributed by atoms with Gasteiger partial charge in [-0.3, -0.25) is 0 Å². The third-order valence-electron chi connectivity index (χ3n) is 6.20. The molecule has 0 radical (unpaired) electrons. The Morgan fingerprint density at radius 3 is 2.27 bits per heavy atom. The molecule has 0 saturated carbocycles. The molecule has 2 fully saturated rings. The second-order valence-corrected chi connectivity index (χ2v) is 10.8. The predicted octanol–water partition coefficient (Wildman–Crippen LogP) is 4.64. The minimum absolute atomic E-state index is 0.00708. The van der Waals surface area contributed by atoms with Gasteiger partial charge in [0.1, 0.15) is 11.4 Å². The van der Waals surface area contributed by atoms with Crippen LogP contribution < -0.4 is 10.2 Å². The van der Waals surface area contributed by atoms with Crippen molar-refractivity contribution in [2.24, 2.45) is 5.92 Å². The van der Waals surface area contributed by atoms with E-state index in [1.54, 1.807) is 25.7 Å². The molecule has 0 N–H and O–H groups in total. The second kappa shape index (κ2) is 8.69. The van der Waals surface area contributed by atoms with Gasteiger partial charge < -0.3 is 23.7 Å². The lowest BCUT2D eigenvalue weighted by Gasteiger charge is -2.32. The summed E-state index contributed by atoms with van der Waals surface area (Å²) in [4.78, 5) is 13.8. The van der Waals surface area contributed by atoms with Crippen molar-refractivity contribution in [3.63, 3.8) is 0 Å². The second-order valence-electron chi connectivity index (χ2n) is 10.8. The van der Waals surface area contributed by atoms with E-state index in [0.29, 0.717) is 19.5 Å². The molecular formula is C23H33BF3NO5. The number of ether oxygens (including phenoxy) is 2. The first-order valence-electron chi connectivity index (χ1n) is 11.2. The summed E-state index contributed by atoms with van der Waals surface area (Å²) in [7, 11) is -0.936. The Hall–Kier alpha value is -1.94. The fourth-order valence-corrected chi connectivity index (χ4v) is 3.66. The molecule has 0 aliphatic carbocycles. The summed E-state index contributed by atoms with van der Waals surface area (Å²) in [5.74, 6) is 0.0811. The highest BCUT2D eigenvalue weighted by Gasteiger charge is 2.52. The first-order valence-corrected chi connectivity index (χ1v) is 11.2. The number of carbonyl (C=O) groups excluding carboxylic acids is 1. The number of halogens is 3. The van der Waals surface area contributed by atoms with E-state index in [2.05, 4.69) is 0 Å².